The summed E-state index contributed by atoms with van der Waals surface area (Å²) >= 11 is 0. The van der Waals surface area contributed by atoms with Gasteiger partial charge in [-0.3, -0.25) is 9.59 Å². The Morgan fingerprint density at radius 3 is 2.96 bits per heavy atom. The third-order valence-corrected chi connectivity index (χ3v) is 4.56. The molecule has 1 saturated heterocycles. The van der Waals surface area contributed by atoms with Crippen LogP contribution in [-0.2, 0) is 0 Å². The Balaban J connectivity index is 1.55. The van der Waals surface area contributed by atoms with Crippen LogP contribution in [0.2, 0.25) is 0 Å². The molecular weight excluding hydrogens is 320 g/mol. The Morgan fingerprint density at radius 1 is 1.32 bits per heavy atom. The normalized spacial score (nSPS) is 17.6. The average Bonchev–Trinajstić information content (AvgIpc) is 3.35. The van der Waals surface area contributed by atoms with Gasteiger partial charge in [-0.25, -0.2) is 4.98 Å². The summed E-state index contributed by atoms with van der Waals surface area (Å²) in [6.07, 6.45) is 8.84. The van der Waals surface area contributed by atoms with Crippen molar-refractivity contribution >= 4 is 5.91 Å². The summed E-state index contributed by atoms with van der Waals surface area (Å²) < 4.78 is 7.29. The van der Waals surface area contributed by atoms with Crippen molar-refractivity contribution in [3.63, 3.8) is 0 Å². The van der Waals surface area contributed by atoms with E-state index in [-0.39, 0.29) is 17.5 Å². The van der Waals surface area contributed by atoms with Gasteiger partial charge in [0.15, 0.2) is 0 Å². The molecule has 4 rings (SSSR count). The first-order chi connectivity index (χ1) is 12.2. The number of nitrogens with one attached hydrogen (secondary N) is 1. The molecule has 4 heterocycles. The Morgan fingerprint density at radius 2 is 2.24 bits per heavy atom. The molecule has 0 saturated carbocycles. The van der Waals surface area contributed by atoms with Gasteiger partial charge in [-0.2, -0.15) is 0 Å². The fourth-order valence-corrected chi connectivity index (χ4v) is 3.26. The molecule has 128 valence electrons. The minimum Gasteiger partial charge on any atom is -0.463 e. The van der Waals surface area contributed by atoms with Gasteiger partial charge in [0.25, 0.3) is 11.5 Å². The molecule has 1 atom stereocenters. The van der Waals surface area contributed by atoms with Crippen molar-refractivity contribution < 1.29 is 9.21 Å². The predicted molar refractivity (Wildman–Crippen MR) is 91.2 cm³/mol. The fraction of sp³-hybridized carbons (Fsp3) is 0.278. The van der Waals surface area contributed by atoms with Crippen LogP contribution in [0.3, 0.4) is 0 Å². The summed E-state index contributed by atoms with van der Waals surface area (Å²) in [4.78, 5) is 33.7. The largest absolute Gasteiger partial charge is 0.463 e. The number of carbonyl (C=O) groups excluding carboxylic acids is 1. The molecule has 25 heavy (non-hydrogen) atoms. The number of amides is 1. The number of piperidine rings is 1. The predicted octanol–water partition coefficient (Wildman–Crippen LogP) is 2.31. The highest BCUT2D eigenvalue weighted by Crippen LogP contribution is 2.22. The maximum Gasteiger partial charge on any atom is 0.261 e. The minimum absolute atomic E-state index is 0.154. The second kappa shape index (κ2) is 6.43. The zero-order chi connectivity index (χ0) is 17.2. The second-order valence-corrected chi connectivity index (χ2v) is 6.15. The van der Waals surface area contributed by atoms with E-state index in [1.807, 2.05) is 10.8 Å². The van der Waals surface area contributed by atoms with Gasteiger partial charge < -0.3 is 18.9 Å². The summed E-state index contributed by atoms with van der Waals surface area (Å²) in [5.41, 5.74) is 0.312. The van der Waals surface area contributed by atoms with E-state index in [1.165, 1.54) is 6.26 Å². The molecule has 7 nitrogen and oxygen atoms in total. The van der Waals surface area contributed by atoms with Crippen LogP contribution in [0, 0.1) is 0 Å². The van der Waals surface area contributed by atoms with E-state index in [9.17, 15) is 9.59 Å². The molecule has 0 aliphatic carbocycles. The Kier molecular flexibility index (Phi) is 3.97. The first kappa shape index (κ1) is 15.4. The number of carbonyl (C=O) groups is 1. The summed E-state index contributed by atoms with van der Waals surface area (Å²) in [7, 11) is 0. The van der Waals surface area contributed by atoms with E-state index in [2.05, 4.69) is 9.97 Å². The molecule has 1 aliphatic rings. The number of imidazole rings is 1. The second-order valence-electron chi connectivity index (χ2n) is 6.15. The van der Waals surface area contributed by atoms with Crippen LogP contribution in [0.1, 0.15) is 29.2 Å². The van der Waals surface area contributed by atoms with Crippen LogP contribution in [0.4, 0.5) is 0 Å². The van der Waals surface area contributed by atoms with Gasteiger partial charge in [0.05, 0.1) is 24.3 Å². The molecule has 0 unspecified atom stereocenters. The van der Waals surface area contributed by atoms with Crippen molar-refractivity contribution in [3.8, 4) is 11.5 Å². The van der Waals surface area contributed by atoms with E-state index in [1.54, 1.807) is 41.7 Å². The molecule has 3 aromatic rings. The van der Waals surface area contributed by atoms with Crippen molar-refractivity contribution in [2.75, 3.05) is 13.1 Å². The molecule has 1 aliphatic heterocycles. The smallest absolute Gasteiger partial charge is 0.261 e. The van der Waals surface area contributed by atoms with Gasteiger partial charge in [0, 0.05) is 25.5 Å². The van der Waals surface area contributed by atoms with Crippen molar-refractivity contribution in [1.29, 1.82) is 0 Å². The Bertz CT molecular complexity index is 912. The lowest BCUT2D eigenvalue weighted by molar-refractivity contribution is 0.0677. The van der Waals surface area contributed by atoms with E-state index in [4.69, 9.17) is 4.42 Å². The standard InChI is InChI=1S/C18H18N4O3/c23-17-14(5-6-15(20-17)16-4-2-10-25-16)18(24)21-8-1-3-13(11-21)22-9-7-19-12-22/h2,4-7,9-10,12-13H,1,3,8,11H2,(H,20,23)/t13-/m1/s1. The number of hydrogen-bond donors (Lipinski definition) is 1. The fourth-order valence-electron chi connectivity index (χ4n) is 3.26. The van der Waals surface area contributed by atoms with Gasteiger partial charge in [-0.15, -0.1) is 0 Å². The zero-order valence-corrected chi connectivity index (χ0v) is 13.6. The molecule has 0 spiro atoms. The number of H-pyrrole nitrogens is 1. The summed E-state index contributed by atoms with van der Waals surface area (Å²) in [6.45, 7) is 1.23. The molecule has 1 fully saturated rings. The van der Waals surface area contributed by atoms with Crippen LogP contribution >= 0.6 is 0 Å². The Labute approximate surface area is 143 Å². The van der Waals surface area contributed by atoms with E-state index in [0.29, 0.717) is 24.5 Å². The Hall–Kier alpha value is -3.09. The van der Waals surface area contributed by atoms with Gasteiger partial charge in [0.2, 0.25) is 0 Å². The molecule has 0 aromatic carbocycles. The van der Waals surface area contributed by atoms with Gasteiger partial charge >= 0.3 is 0 Å². The summed E-state index contributed by atoms with van der Waals surface area (Å²) in [6, 6.07) is 6.97. The number of nitrogens with zero attached hydrogens (tertiary/aromatic N) is 3. The lowest BCUT2D eigenvalue weighted by Gasteiger charge is -2.33. The van der Waals surface area contributed by atoms with Crippen molar-refractivity contribution in [2.45, 2.75) is 18.9 Å². The van der Waals surface area contributed by atoms with Crippen LogP contribution in [-0.4, -0.2) is 38.4 Å². The van der Waals surface area contributed by atoms with Crippen molar-refractivity contribution in [3.05, 3.63) is 65.2 Å². The van der Waals surface area contributed by atoms with E-state index >= 15 is 0 Å². The highest BCUT2D eigenvalue weighted by molar-refractivity contribution is 5.94. The molecule has 0 radical (unpaired) electrons. The van der Waals surface area contributed by atoms with Crippen LogP contribution in [0.25, 0.3) is 11.5 Å². The topological polar surface area (TPSA) is 84.1 Å². The van der Waals surface area contributed by atoms with Gasteiger partial charge in [0.1, 0.15) is 11.3 Å². The van der Waals surface area contributed by atoms with Crippen molar-refractivity contribution in [2.24, 2.45) is 0 Å². The lowest BCUT2D eigenvalue weighted by Crippen LogP contribution is -2.42. The van der Waals surface area contributed by atoms with E-state index < -0.39 is 5.56 Å². The first-order valence-electron chi connectivity index (χ1n) is 8.26. The molecule has 1 N–H and O–H groups in total. The van der Waals surface area contributed by atoms with Crippen LogP contribution < -0.4 is 5.56 Å². The number of aromatic amines is 1. The van der Waals surface area contributed by atoms with Gasteiger partial charge in [-0.05, 0) is 37.1 Å². The van der Waals surface area contributed by atoms with Crippen LogP contribution in [0.15, 0.2) is 58.5 Å². The van der Waals surface area contributed by atoms with E-state index in [0.717, 1.165) is 12.8 Å². The number of pyridine rings is 1. The lowest BCUT2D eigenvalue weighted by atomic mass is 10.0. The number of aromatic nitrogens is 3. The maximum absolute atomic E-state index is 12.8. The van der Waals surface area contributed by atoms with Crippen molar-refractivity contribution in [1.82, 2.24) is 19.4 Å². The molecule has 7 heteroatoms. The highest BCUT2D eigenvalue weighted by Gasteiger charge is 2.26. The number of furan rings is 1. The molecule has 3 aromatic heterocycles. The minimum atomic E-state index is -0.399. The third-order valence-electron chi connectivity index (χ3n) is 4.56. The number of hydrogen-bond acceptors (Lipinski definition) is 4. The number of likely N-dealkylation sites (tertiary alicyclic amines) is 1. The molecular formula is C18H18N4O3. The molecule has 0 bridgehead atoms. The number of rotatable bonds is 3. The highest BCUT2D eigenvalue weighted by atomic mass is 16.3. The SMILES string of the molecule is O=C(c1ccc(-c2ccco2)[nH]c1=O)N1CCC[C@@H](n2ccnc2)C1. The zero-order valence-electron chi connectivity index (χ0n) is 13.6. The molecule has 1 amide bonds. The summed E-state index contributed by atoms with van der Waals surface area (Å²) in [5, 5.41) is 0. The third kappa shape index (κ3) is 3.00. The van der Waals surface area contributed by atoms with Crippen LogP contribution in [0.5, 0.6) is 0 Å². The maximum atomic E-state index is 12.8. The quantitative estimate of drug-likeness (QED) is 0.794. The monoisotopic (exact) mass is 338 g/mol. The first-order valence-corrected chi connectivity index (χ1v) is 8.26. The van der Waals surface area contributed by atoms with Gasteiger partial charge in [-0.1, -0.05) is 0 Å². The average molecular weight is 338 g/mol. The summed E-state index contributed by atoms with van der Waals surface area (Å²) in [5.74, 6) is 0.325.